The molecule has 2 fully saturated rings. The monoisotopic (exact) mass is 126 g/mol. The van der Waals surface area contributed by atoms with Crippen LogP contribution >= 0.6 is 0 Å². The fourth-order valence-corrected chi connectivity index (χ4v) is 2.77. The predicted molar refractivity (Wildman–Crippen MR) is 36.2 cm³/mol. The number of ether oxygens (including phenoxy) is 1. The van der Waals surface area contributed by atoms with Gasteiger partial charge in [-0.3, -0.25) is 0 Å². The Morgan fingerprint density at radius 3 is 2.00 bits per heavy atom. The normalized spacial score (nSPS) is 53.0. The highest BCUT2D eigenvalue weighted by Gasteiger charge is 2.62. The smallest absolute Gasteiger partial charge is 0.0702 e. The van der Waals surface area contributed by atoms with E-state index in [0.29, 0.717) is 16.9 Å². The summed E-state index contributed by atoms with van der Waals surface area (Å²) in [4.78, 5) is 0. The van der Waals surface area contributed by atoms with Crippen molar-refractivity contribution >= 4 is 0 Å². The van der Waals surface area contributed by atoms with E-state index in [4.69, 9.17) is 4.74 Å². The van der Waals surface area contributed by atoms with E-state index in [1.54, 1.807) is 0 Å². The fraction of sp³-hybridized carbons (Fsp3) is 1.00. The molecule has 1 heterocycles. The van der Waals surface area contributed by atoms with Crippen molar-refractivity contribution in [2.45, 2.75) is 33.3 Å². The summed E-state index contributed by atoms with van der Waals surface area (Å²) in [7, 11) is 0. The molecule has 52 valence electrons. The molecule has 2 rings (SSSR count). The summed E-state index contributed by atoms with van der Waals surface area (Å²) in [5.41, 5.74) is 1.05. The summed E-state index contributed by atoms with van der Waals surface area (Å²) in [6.07, 6.45) is 1.93. The van der Waals surface area contributed by atoms with Crippen LogP contribution in [0.5, 0.6) is 0 Å². The van der Waals surface area contributed by atoms with Gasteiger partial charge in [-0.15, -0.1) is 0 Å². The van der Waals surface area contributed by atoms with Gasteiger partial charge in [0.1, 0.15) is 0 Å². The van der Waals surface area contributed by atoms with Crippen molar-refractivity contribution in [3.63, 3.8) is 0 Å². The van der Waals surface area contributed by atoms with Gasteiger partial charge in [0, 0.05) is 5.41 Å². The van der Waals surface area contributed by atoms with Crippen LogP contribution in [0.4, 0.5) is 0 Å². The summed E-state index contributed by atoms with van der Waals surface area (Å²) in [6.45, 7) is 7.91. The van der Waals surface area contributed by atoms with Gasteiger partial charge < -0.3 is 4.74 Å². The quantitative estimate of drug-likeness (QED) is 0.481. The maximum atomic E-state index is 5.45. The first kappa shape index (κ1) is 5.72. The molecule has 1 aliphatic carbocycles. The molecule has 1 aliphatic heterocycles. The number of rotatable bonds is 0. The molecule has 0 aromatic carbocycles. The third kappa shape index (κ3) is 0.493. The lowest BCUT2D eigenvalue weighted by molar-refractivity contribution is -0.308. The molecular weight excluding hydrogens is 112 g/mol. The van der Waals surface area contributed by atoms with Gasteiger partial charge in [0.15, 0.2) is 0 Å². The molecule has 0 spiro atoms. The Morgan fingerprint density at radius 2 is 2.00 bits per heavy atom. The van der Waals surface area contributed by atoms with Gasteiger partial charge in [0.05, 0.1) is 12.7 Å². The minimum absolute atomic E-state index is 0.479. The molecule has 2 unspecified atom stereocenters. The van der Waals surface area contributed by atoms with Crippen molar-refractivity contribution in [3.05, 3.63) is 0 Å². The average Bonchev–Trinajstić information content (AvgIpc) is 1.60. The predicted octanol–water partition coefficient (Wildman–Crippen LogP) is 1.82. The van der Waals surface area contributed by atoms with Crippen molar-refractivity contribution in [1.29, 1.82) is 0 Å². The van der Waals surface area contributed by atoms with E-state index in [2.05, 4.69) is 20.8 Å². The summed E-state index contributed by atoms with van der Waals surface area (Å²) in [5, 5.41) is 0. The van der Waals surface area contributed by atoms with Crippen LogP contribution in [0.15, 0.2) is 0 Å². The molecule has 0 radical (unpaired) electrons. The zero-order valence-corrected chi connectivity index (χ0v) is 6.40. The molecule has 0 aromatic heterocycles. The molecule has 0 aromatic rings. The van der Waals surface area contributed by atoms with Gasteiger partial charge in [-0.1, -0.05) is 20.8 Å². The van der Waals surface area contributed by atoms with E-state index in [0.717, 1.165) is 6.61 Å². The Bertz CT molecular complexity index is 141. The second kappa shape index (κ2) is 1.20. The van der Waals surface area contributed by atoms with E-state index in [1.807, 2.05) is 0 Å². The fourth-order valence-electron chi connectivity index (χ4n) is 2.77. The molecule has 9 heavy (non-hydrogen) atoms. The zero-order chi connectivity index (χ0) is 6.70. The SMILES string of the molecule is CC1(C)CC2(C)COC12. The topological polar surface area (TPSA) is 9.23 Å². The molecule has 0 bridgehead atoms. The first-order valence-corrected chi connectivity index (χ1v) is 3.66. The van der Waals surface area contributed by atoms with Crippen LogP contribution in [0, 0.1) is 10.8 Å². The van der Waals surface area contributed by atoms with Gasteiger partial charge in [0.2, 0.25) is 0 Å². The highest BCUT2D eigenvalue weighted by atomic mass is 16.5. The summed E-state index contributed by atoms with van der Waals surface area (Å²) >= 11 is 0. The van der Waals surface area contributed by atoms with Crippen LogP contribution in [0.1, 0.15) is 27.2 Å². The van der Waals surface area contributed by atoms with E-state index >= 15 is 0 Å². The number of hydrogen-bond donors (Lipinski definition) is 0. The zero-order valence-electron chi connectivity index (χ0n) is 6.40. The van der Waals surface area contributed by atoms with E-state index < -0.39 is 0 Å². The Labute approximate surface area is 56.4 Å². The minimum atomic E-state index is 0.479. The van der Waals surface area contributed by atoms with Gasteiger partial charge in [-0.2, -0.15) is 0 Å². The first-order chi connectivity index (χ1) is 4.05. The van der Waals surface area contributed by atoms with Crippen LogP contribution < -0.4 is 0 Å². The molecule has 0 N–H and O–H groups in total. The number of fused-ring (bicyclic) bond motifs is 1. The molecule has 2 atom stereocenters. The van der Waals surface area contributed by atoms with Crippen molar-refractivity contribution in [1.82, 2.24) is 0 Å². The van der Waals surface area contributed by atoms with Crippen LogP contribution in [-0.2, 0) is 4.74 Å². The molecule has 1 saturated heterocycles. The van der Waals surface area contributed by atoms with Crippen LogP contribution in [0.25, 0.3) is 0 Å². The molecule has 1 heteroatoms. The molecular formula is C8H14O. The summed E-state index contributed by atoms with van der Waals surface area (Å²) < 4.78 is 5.45. The third-order valence-electron chi connectivity index (χ3n) is 2.78. The Kier molecular flexibility index (Phi) is 0.760. The maximum Gasteiger partial charge on any atom is 0.0702 e. The first-order valence-electron chi connectivity index (χ1n) is 3.66. The Morgan fingerprint density at radius 1 is 1.33 bits per heavy atom. The van der Waals surface area contributed by atoms with E-state index in [-0.39, 0.29) is 0 Å². The van der Waals surface area contributed by atoms with Crippen LogP contribution in [-0.4, -0.2) is 12.7 Å². The van der Waals surface area contributed by atoms with Crippen LogP contribution in [0.3, 0.4) is 0 Å². The molecule has 1 saturated carbocycles. The molecule has 0 amide bonds. The van der Waals surface area contributed by atoms with Gasteiger partial charge in [-0.25, -0.2) is 0 Å². The van der Waals surface area contributed by atoms with E-state index in [1.165, 1.54) is 6.42 Å². The van der Waals surface area contributed by atoms with Crippen LogP contribution in [0.2, 0.25) is 0 Å². The average molecular weight is 126 g/mol. The molecule has 2 aliphatic rings. The highest BCUT2D eigenvalue weighted by Crippen LogP contribution is 2.61. The van der Waals surface area contributed by atoms with Gasteiger partial charge in [-0.05, 0) is 11.8 Å². The van der Waals surface area contributed by atoms with Crippen molar-refractivity contribution < 1.29 is 4.74 Å². The van der Waals surface area contributed by atoms with Gasteiger partial charge >= 0.3 is 0 Å². The number of hydrogen-bond acceptors (Lipinski definition) is 1. The van der Waals surface area contributed by atoms with Gasteiger partial charge in [0.25, 0.3) is 0 Å². The highest BCUT2D eigenvalue weighted by molar-refractivity contribution is 5.10. The summed E-state index contributed by atoms with van der Waals surface area (Å²) in [6, 6.07) is 0. The summed E-state index contributed by atoms with van der Waals surface area (Å²) in [5.74, 6) is 0. The van der Waals surface area contributed by atoms with Crippen molar-refractivity contribution in [2.24, 2.45) is 10.8 Å². The lowest BCUT2D eigenvalue weighted by Crippen LogP contribution is -2.67. The third-order valence-corrected chi connectivity index (χ3v) is 2.78. The molecule has 1 nitrogen and oxygen atoms in total. The van der Waals surface area contributed by atoms with E-state index in [9.17, 15) is 0 Å². The second-order valence-corrected chi connectivity index (χ2v) is 4.51. The van der Waals surface area contributed by atoms with Crippen molar-refractivity contribution in [2.75, 3.05) is 6.61 Å². The Hall–Kier alpha value is -0.0400. The van der Waals surface area contributed by atoms with Crippen molar-refractivity contribution in [3.8, 4) is 0 Å². The Balaban J connectivity index is 2.14. The lowest BCUT2D eigenvalue weighted by atomic mass is 9.50. The largest absolute Gasteiger partial charge is 0.376 e. The minimum Gasteiger partial charge on any atom is -0.376 e. The lowest BCUT2D eigenvalue weighted by Gasteiger charge is -2.65. The second-order valence-electron chi connectivity index (χ2n) is 4.51. The maximum absolute atomic E-state index is 5.45. The standard InChI is InChI=1S/C8H14O/c1-7(2)4-8(3)5-9-6(7)8/h6H,4-5H2,1-3H3.